The molecule has 19 heteroatoms. The van der Waals surface area contributed by atoms with E-state index in [1.807, 2.05) is 70.9 Å². The first-order chi connectivity index (χ1) is 44.9. The van der Waals surface area contributed by atoms with Crippen molar-refractivity contribution in [3.63, 3.8) is 0 Å². The molecule has 3 aromatic heterocycles. The number of hydrogen-bond donors (Lipinski definition) is 3. The summed E-state index contributed by atoms with van der Waals surface area (Å²) in [6.45, 7) is 67.7. The molecule has 0 radical (unpaired) electrons. The quantitative estimate of drug-likeness (QED) is 0.122. The van der Waals surface area contributed by atoms with Gasteiger partial charge in [0, 0.05) is 83.7 Å². The molecule has 0 unspecified atom stereocenters. The lowest BCUT2D eigenvalue weighted by atomic mass is 9.63. The van der Waals surface area contributed by atoms with Crippen molar-refractivity contribution >= 4 is 43.2 Å². The number of allylic oxidation sites excluding steroid dienone is 3. The summed E-state index contributed by atoms with van der Waals surface area (Å²) in [7, 11) is 0. The number of hydrogen-bond acceptors (Lipinski definition) is 14. The molecule has 0 atom stereocenters. The number of aromatic amines is 1. The summed E-state index contributed by atoms with van der Waals surface area (Å²) in [5.74, 6) is 3.03. The highest BCUT2D eigenvalue weighted by Crippen LogP contribution is 2.36. The monoisotopic (exact) mass is 1340 g/mol. The smallest absolute Gasteiger partial charge is 0.359 e. The van der Waals surface area contributed by atoms with E-state index in [0.717, 1.165) is 50.0 Å². The van der Waals surface area contributed by atoms with Crippen molar-refractivity contribution in [2.24, 2.45) is 15.8 Å². The number of aliphatic hydroxyl groups excluding tert-OH is 1. The molecule has 0 fully saturated rings. The van der Waals surface area contributed by atoms with Crippen molar-refractivity contribution in [2.75, 3.05) is 6.54 Å². The Labute approximate surface area is 593 Å². The summed E-state index contributed by atoms with van der Waals surface area (Å²) >= 11 is 0. The molecule has 0 saturated heterocycles. The van der Waals surface area contributed by atoms with Crippen LogP contribution in [0.1, 0.15) is 251 Å². The zero-order valence-corrected chi connectivity index (χ0v) is 66.1. The van der Waals surface area contributed by atoms with E-state index in [1.54, 1.807) is 18.7 Å². The Morgan fingerprint density at radius 2 is 1.15 bits per heavy atom. The molecule has 5 aliphatic heterocycles. The second kappa shape index (κ2) is 34.5. The minimum Gasteiger partial charge on any atom is -0.561 e. The normalized spacial score (nSPS) is 15.8. The fourth-order valence-corrected chi connectivity index (χ4v) is 10.6. The van der Waals surface area contributed by atoms with Crippen LogP contribution in [0, 0.1) is 10.8 Å². The number of oxazole rings is 1. The fraction of sp³-hybridized carbons (Fsp3) is 0.582. The number of Topliss-reactive ketones (excluding diaryl/α,β-unsaturated/α-hetero) is 1. The number of nitrogens with one attached hydrogen (secondary N) is 2. The van der Waals surface area contributed by atoms with Crippen LogP contribution in [0.15, 0.2) is 131 Å². The highest BCUT2D eigenvalue weighted by atomic mass is 16.4. The maximum absolute atomic E-state index is 11.2. The van der Waals surface area contributed by atoms with E-state index >= 15 is 0 Å². The molecular weight excluding hydrogens is 1220 g/mol. The predicted octanol–water partition coefficient (Wildman–Crippen LogP) is 17.6. The Hall–Kier alpha value is -6.82. The van der Waals surface area contributed by atoms with Crippen LogP contribution >= 0.6 is 0 Å². The third-order valence-electron chi connectivity index (χ3n) is 16.8. The molecule has 0 bridgehead atoms. The number of carbonyl (C=O) groups is 1. The summed E-state index contributed by atoms with van der Waals surface area (Å²) < 4.78 is 23.9. The van der Waals surface area contributed by atoms with Crippen molar-refractivity contribution in [1.29, 1.82) is 0 Å². The third-order valence-corrected chi connectivity index (χ3v) is 16.8. The SMILES string of the molecule is CB1Cc2ccc(C(C)(C)C)cc2O1.CB1OCc2cc(C(C)(C)C)ccc21.CB1OCc2ccc(C(C)(C)C)cc21.CC(C)(C)C1=C(O)CCC1=O.CC(C)(C)C1=NC=CC1.CC(C)(C)N1CC=CN1.CC(C)(C)c1ncco1.CC(C)(C)c1nn[nH]n1.CC(C)(C)n1cccn1. The lowest BCUT2D eigenvalue weighted by molar-refractivity contribution is -0.115. The zero-order valence-electron chi connectivity index (χ0n) is 66.1. The fourth-order valence-electron chi connectivity index (χ4n) is 10.6. The van der Waals surface area contributed by atoms with Crippen molar-refractivity contribution in [1.82, 2.24) is 45.8 Å². The average Bonchev–Trinajstić information content (AvgIpc) is 1.59. The first-order valence-corrected chi connectivity index (χ1v) is 35.2. The van der Waals surface area contributed by atoms with Crippen LogP contribution in [-0.4, -0.2) is 89.8 Å². The number of nitrogens with zero attached hydrogens (tertiary/aromatic N) is 8. The summed E-state index contributed by atoms with van der Waals surface area (Å²) in [4.78, 5) is 19.5. The van der Waals surface area contributed by atoms with Crippen LogP contribution in [0.3, 0.4) is 0 Å². The summed E-state index contributed by atoms with van der Waals surface area (Å²) in [6.07, 6.45) is 18.2. The van der Waals surface area contributed by atoms with Gasteiger partial charge in [-0.1, -0.05) is 225 Å². The number of hydrazine groups is 1. The highest BCUT2D eigenvalue weighted by molar-refractivity contribution is 6.68. The molecule has 98 heavy (non-hydrogen) atoms. The van der Waals surface area contributed by atoms with Crippen LogP contribution in [0.4, 0.5) is 0 Å². The van der Waals surface area contributed by atoms with Crippen LogP contribution < -0.4 is 21.0 Å². The minimum atomic E-state index is -0.197. The topological polar surface area (TPSA) is 191 Å². The summed E-state index contributed by atoms with van der Waals surface area (Å²) in [6, 6.07) is 22.0. The number of H-pyrrole nitrogens is 1. The maximum atomic E-state index is 11.2. The van der Waals surface area contributed by atoms with Gasteiger partial charge in [0.2, 0.25) is 0 Å². The Morgan fingerprint density at radius 3 is 1.53 bits per heavy atom. The molecule has 3 N–H and O–H groups in total. The van der Waals surface area contributed by atoms with Crippen molar-refractivity contribution < 1.29 is 28.3 Å². The van der Waals surface area contributed by atoms with Gasteiger partial charge in [-0.15, -0.1) is 10.2 Å². The molecule has 3 aromatic carbocycles. The number of fused-ring (bicyclic) bond motifs is 3. The molecule has 0 amide bonds. The van der Waals surface area contributed by atoms with Crippen molar-refractivity contribution in [2.45, 2.75) is 284 Å². The molecular formula is C79H125B3N10O6. The van der Waals surface area contributed by atoms with Gasteiger partial charge in [0.15, 0.2) is 17.5 Å². The molecule has 6 aliphatic rings. The molecule has 536 valence electrons. The van der Waals surface area contributed by atoms with Gasteiger partial charge in [-0.2, -0.15) is 10.3 Å². The number of rotatable bonds is 0. The number of aliphatic imine (C=N–C) groups is 1. The largest absolute Gasteiger partial charge is 0.561 e. The lowest BCUT2D eigenvalue weighted by Gasteiger charge is -2.31. The summed E-state index contributed by atoms with van der Waals surface area (Å²) in [5.41, 5.74) is 17.2. The Balaban J connectivity index is 0.000000236. The number of tetrazole rings is 1. The number of aliphatic hydroxyl groups is 1. The maximum Gasteiger partial charge on any atom is 0.359 e. The van der Waals surface area contributed by atoms with E-state index in [9.17, 15) is 9.90 Å². The molecule has 8 heterocycles. The molecule has 16 nitrogen and oxygen atoms in total. The van der Waals surface area contributed by atoms with Crippen LogP contribution in [0.5, 0.6) is 5.75 Å². The van der Waals surface area contributed by atoms with Gasteiger partial charge < -0.3 is 28.9 Å². The van der Waals surface area contributed by atoms with Crippen LogP contribution in [0.25, 0.3) is 0 Å². The average molecular weight is 1340 g/mol. The van der Waals surface area contributed by atoms with Gasteiger partial charge >= 0.3 is 20.7 Å². The van der Waals surface area contributed by atoms with Gasteiger partial charge in [0.1, 0.15) is 12.0 Å². The molecule has 1 aliphatic carbocycles. The first kappa shape index (κ1) is 83.6. The molecule has 12 rings (SSSR count). The van der Waals surface area contributed by atoms with E-state index in [-0.39, 0.29) is 68.6 Å². The second-order valence-corrected chi connectivity index (χ2v) is 35.4. The van der Waals surface area contributed by atoms with Crippen LogP contribution in [-0.2, 0) is 66.3 Å². The molecule has 0 saturated carbocycles. The molecule has 0 spiro atoms. The summed E-state index contributed by atoms with van der Waals surface area (Å²) in [5, 5.41) is 29.2. The van der Waals surface area contributed by atoms with Gasteiger partial charge in [-0.05, 0) is 133 Å². The number of aromatic nitrogens is 7. The van der Waals surface area contributed by atoms with Crippen molar-refractivity contribution in [3.8, 4) is 5.75 Å². The van der Waals surface area contributed by atoms with Gasteiger partial charge in [0.05, 0.1) is 30.7 Å². The van der Waals surface area contributed by atoms with E-state index in [0.29, 0.717) is 31.1 Å². The highest BCUT2D eigenvalue weighted by Gasteiger charge is 2.33. The first-order valence-electron chi connectivity index (χ1n) is 35.2. The Bertz CT molecular complexity index is 3440. The third kappa shape index (κ3) is 27.0. The van der Waals surface area contributed by atoms with E-state index in [2.05, 4.69) is 279 Å². The lowest BCUT2D eigenvalue weighted by Crippen LogP contribution is -2.45. The predicted molar refractivity (Wildman–Crippen MR) is 411 cm³/mol. The van der Waals surface area contributed by atoms with E-state index in [1.165, 1.54) is 50.0 Å². The Kier molecular flexibility index (Phi) is 29.4. The van der Waals surface area contributed by atoms with Crippen LogP contribution in [0.2, 0.25) is 20.5 Å². The second-order valence-electron chi connectivity index (χ2n) is 35.4. The van der Waals surface area contributed by atoms with E-state index < -0.39 is 0 Å². The number of carbonyl (C=O) groups excluding carboxylic acids is 1. The Morgan fingerprint density at radius 1 is 0.582 bits per heavy atom. The number of benzene rings is 3. The zero-order chi connectivity index (χ0) is 74.2. The number of ketones is 1. The van der Waals surface area contributed by atoms with Gasteiger partial charge in [0.25, 0.3) is 0 Å². The van der Waals surface area contributed by atoms with Gasteiger partial charge in [-0.25, -0.2) is 9.99 Å². The minimum absolute atomic E-state index is 0.00694. The molecule has 6 aromatic rings. The van der Waals surface area contributed by atoms with Gasteiger partial charge in [-0.3, -0.25) is 14.5 Å². The van der Waals surface area contributed by atoms with Crippen molar-refractivity contribution in [3.05, 3.63) is 166 Å². The van der Waals surface area contributed by atoms with E-state index in [4.69, 9.17) is 18.4 Å². The standard InChI is InChI=1S/3C12H17BO.C9H14O2.C8H13N.C7H14N2.C7H12N2.C7H11NO.C5H10N4/c1-12(2,3)10-5-6-11-9(7-10)8-14-13(11)4;1-12(2,3)10-6-5-9-8-14-13(4)11(9)7-10;1-12(2,3)10-6-5-9-8-13(4)14-11(9)7-10;1-9(2,3)8-6(10)4-5-7(8)11;1-8(2,3)7-5-4-6-9-7;2*1-7(2,3)9-6-4-5-8-9;1-7(2,3)6-8-4-5-9-6;1-5(2,3)4-6-8-9-7-4/h3*5-7H,8H2,1-4H3;10H,4-5H2,1-3H3;4,6H,5H2,1-3H3;4-5,8H,6H2,1-3H3;4-6H,1-3H3;4-5H,1-3H3;1-3H3,(H,6,7,8,9).